The highest BCUT2D eigenvalue weighted by molar-refractivity contribution is 7.13. The molecule has 26 heavy (non-hydrogen) atoms. The number of carbonyl (C=O) groups is 1. The van der Waals surface area contributed by atoms with Crippen molar-refractivity contribution in [1.29, 1.82) is 0 Å². The van der Waals surface area contributed by atoms with E-state index in [1.165, 1.54) is 5.56 Å². The Balaban J connectivity index is 1.40. The number of imidazole rings is 1. The van der Waals surface area contributed by atoms with E-state index in [1.54, 1.807) is 17.5 Å². The van der Waals surface area contributed by atoms with Crippen LogP contribution < -0.4 is 5.32 Å². The molecule has 128 valence electrons. The van der Waals surface area contributed by atoms with Crippen molar-refractivity contribution < 1.29 is 4.79 Å². The molecule has 0 fully saturated rings. The van der Waals surface area contributed by atoms with Gasteiger partial charge in [0.25, 0.3) is 0 Å². The Labute approximate surface area is 154 Å². The maximum atomic E-state index is 12.8. The van der Waals surface area contributed by atoms with Crippen molar-refractivity contribution in [3.8, 4) is 10.8 Å². The Morgan fingerprint density at radius 1 is 1.23 bits per heavy atom. The van der Waals surface area contributed by atoms with Gasteiger partial charge in [-0.3, -0.25) is 4.79 Å². The molecule has 1 aliphatic rings. The normalized spacial score (nSPS) is 15.9. The number of rotatable bonds is 3. The van der Waals surface area contributed by atoms with Crippen molar-refractivity contribution in [3.63, 3.8) is 0 Å². The highest BCUT2D eigenvalue weighted by atomic mass is 32.1. The van der Waals surface area contributed by atoms with Crippen LogP contribution in [0.3, 0.4) is 0 Å². The lowest BCUT2D eigenvalue weighted by atomic mass is 10.0. The quantitative estimate of drug-likeness (QED) is 0.570. The van der Waals surface area contributed by atoms with Gasteiger partial charge in [0.05, 0.1) is 17.0 Å². The van der Waals surface area contributed by atoms with Crippen LogP contribution in [-0.2, 0) is 11.2 Å². The Kier molecular flexibility index (Phi) is 3.57. The fraction of sp³-hybridized carbons (Fsp3) is 0.150. The second-order valence-electron chi connectivity index (χ2n) is 6.43. The van der Waals surface area contributed by atoms with Crippen LogP contribution in [0.4, 0.5) is 5.69 Å². The zero-order chi connectivity index (χ0) is 17.5. The average molecular weight is 360 g/mol. The van der Waals surface area contributed by atoms with Gasteiger partial charge in [-0.15, -0.1) is 11.3 Å². The third kappa shape index (κ3) is 2.59. The molecule has 2 heterocycles. The molecule has 5 nitrogen and oxygen atoms in total. The first-order chi connectivity index (χ1) is 12.8. The van der Waals surface area contributed by atoms with E-state index in [4.69, 9.17) is 0 Å². The van der Waals surface area contributed by atoms with Crippen LogP contribution in [0.15, 0.2) is 54.0 Å². The number of thiazole rings is 1. The summed E-state index contributed by atoms with van der Waals surface area (Å²) in [6.45, 7) is 0. The second-order valence-corrected chi connectivity index (χ2v) is 7.33. The van der Waals surface area contributed by atoms with Crippen molar-refractivity contribution in [2.24, 2.45) is 0 Å². The predicted octanol–water partition coefficient (Wildman–Crippen LogP) is 4.35. The molecule has 4 aromatic rings. The van der Waals surface area contributed by atoms with E-state index < -0.39 is 0 Å². The topological polar surface area (TPSA) is 70.7 Å². The minimum atomic E-state index is -0.0745. The van der Waals surface area contributed by atoms with E-state index in [0.29, 0.717) is 0 Å². The van der Waals surface area contributed by atoms with Crippen molar-refractivity contribution in [1.82, 2.24) is 15.0 Å². The number of aromatic nitrogens is 3. The van der Waals surface area contributed by atoms with Gasteiger partial charge in [0.15, 0.2) is 10.8 Å². The first kappa shape index (κ1) is 15.3. The molecular weight excluding hydrogens is 344 g/mol. The van der Waals surface area contributed by atoms with Crippen LogP contribution in [0.5, 0.6) is 0 Å². The predicted molar refractivity (Wildman–Crippen MR) is 103 cm³/mol. The number of nitrogens with zero attached hydrogens (tertiary/aromatic N) is 2. The summed E-state index contributed by atoms with van der Waals surface area (Å²) in [5, 5.41) is 5.84. The lowest BCUT2D eigenvalue weighted by molar-refractivity contribution is -0.117. The summed E-state index contributed by atoms with van der Waals surface area (Å²) in [5.74, 6) is 0.728. The molecule has 2 aromatic carbocycles. The van der Waals surface area contributed by atoms with E-state index in [2.05, 4.69) is 32.4 Å². The van der Waals surface area contributed by atoms with Gasteiger partial charge in [0.2, 0.25) is 5.91 Å². The molecule has 1 amide bonds. The van der Waals surface area contributed by atoms with Crippen LogP contribution in [0.2, 0.25) is 0 Å². The molecule has 6 heteroatoms. The molecule has 1 unspecified atom stereocenters. The van der Waals surface area contributed by atoms with Crippen molar-refractivity contribution in [3.05, 3.63) is 65.2 Å². The SMILES string of the molecule is O=C(Nc1ccc2nc(-c3nccs3)[nH]c2c1)C1CCc2ccccc21. The summed E-state index contributed by atoms with van der Waals surface area (Å²) in [7, 11) is 0. The zero-order valence-electron chi connectivity index (χ0n) is 13.9. The molecule has 1 aliphatic carbocycles. The number of H-pyrrole nitrogens is 1. The zero-order valence-corrected chi connectivity index (χ0v) is 14.7. The lowest BCUT2D eigenvalue weighted by Crippen LogP contribution is -2.19. The molecule has 0 saturated carbocycles. The molecule has 1 atom stereocenters. The van der Waals surface area contributed by atoms with Crippen molar-refractivity contribution in [2.45, 2.75) is 18.8 Å². The van der Waals surface area contributed by atoms with Gasteiger partial charge in [-0.25, -0.2) is 9.97 Å². The molecular formula is C20H16N4OS. The van der Waals surface area contributed by atoms with Crippen molar-refractivity contribution in [2.75, 3.05) is 5.32 Å². The highest BCUT2D eigenvalue weighted by Gasteiger charge is 2.28. The van der Waals surface area contributed by atoms with Crippen LogP contribution >= 0.6 is 11.3 Å². The van der Waals surface area contributed by atoms with Crippen molar-refractivity contribution >= 4 is 34.0 Å². The average Bonchev–Trinajstić information content (AvgIpc) is 3.39. The first-order valence-electron chi connectivity index (χ1n) is 8.56. The number of carbonyl (C=O) groups excluding carboxylic acids is 1. The van der Waals surface area contributed by atoms with E-state index in [9.17, 15) is 4.79 Å². The number of hydrogen-bond donors (Lipinski definition) is 2. The monoisotopic (exact) mass is 360 g/mol. The van der Waals surface area contributed by atoms with Crippen LogP contribution in [0.1, 0.15) is 23.5 Å². The number of aromatic amines is 1. The molecule has 2 N–H and O–H groups in total. The summed E-state index contributed by atoms with van der Waals surface area (Å²) in [5.41, 5.74) is 4.96. The summed E-state index contributed by atoms with van der Waals surface area (Å²) in [4.78, 5) is 24.9. The van der Waals surface area contributed by atoms with Crippen LogP contribution in [0.25, 0.3) is 21.9 Å². The third-order valence-corrected chi connectivity index (χ3v) is 5.61. The molecule has 0 spiro atoms. The molecule has 2 aromatic heterocycles. The Morgan fingerprint density at radius 2 is 2.15 bits per heavy atom. The van der Waals surface area contributed by atoms with E-state index in [-0.39, 0.29) is 11.8 Å². The number of anilines is 1. The first-order valence-corrected chi connectivity index (χ1v) is 9.44. The summed E-state index contributed by atoms with van der Waals surface area (Å²) in [6.07, 6.45) is 3.59. The highest BCUT2D eigenvalue weighted by Crippen LogP contribution is 2.34. The minimum Gasteiger partial charge on any atom is -0.336 e. The number of hydrogen-bond acceptors (Lipinski definition) is 4. The van der Waals surface area contributed by atoms with Gasteiger partial charge in [-0.1, -0.05) is 24.3 Å². The number of nitrogens with one attached hydrogen (secondary N) is 2. The maximum absolute atomic E-state index is 12.8. The largest absolute Gasteiger partial charge is 0.336 e. The van der Waals surface area contributed by atoms with Gasteiger partial charge < -0.3 is 10.3 Å². The summed E-state index contributed by atoms with van der Waals surface area (Å²) in [6, 6.07) is 13.9. The minimum absolute atomic E-state index is 0.0500. The maximum Gasteiger partial charge on any atom is 0.231 e. The molecule has 0 radical (unpaired) electrons. The Morgan fingerprint density at radius 3 is 3.04 bits per heavy atom. The van der Waals surface area contributed by atoms with Gasteiger partial charge >= 0.3 is 0 Å². The third-order valence-electron chi connectivity index (χ3n) is 4.83. The Hall–Kier alpha value is -2.99. The van der Waals surface area contributed by atoms with E-state index in [1.807, 2.05) is 35.7 Å². The Bertz CT molecular complexity index is 1100. The number of fused-ring (bicyclic) bond motifs is 2. The van der Waals surface area contributed by atoms with Gasteiger partial charge in [-0.2, -0.15) is 0 Å². The molecule has 0 bridgehead atoms. The standard InChI is InChI=1S/C20H16N4OS/c25-19(15-7-5-12-3-1-2-4-14(12)15)22-13-6-8-16-17(11-13)24-18(23-16)20-21-9-10-26-20/h1-4,6,8-11,15H,5,7H2,(H,22,25)(H,23,24). The smallest absolute Gasteiger partial charge is 0.231 e. The van der Waals surface area contributed by atoms with Gasteiger partial charge in [-0.05, 0) is 42.2 Å². The number of aryl methyl sites for hydroxylation is 1. The summed E-state index contributed by atoms with van der Waals surface area (Å²) < 4.78 is 0. The van der Waals surface area contributed by atoms with E-state index >= 15 is 0 Å². The van der Waals surface area contributed by atoms with Crippen LogP contribution in [-0.4, -0.2) is 20.9 Å². The lowest BCUT2D eigenvalue weighted by Gasteiger charge is -2.12. The summed E-state index contributed by atoms with van der Waals surface area (Å²) >= 11 is 1.54. The number of amides is 1. The van der Waals surface area contributed by atoms with Crippen LogP contribution in [0, 0.1) is 0 Å². The van der Waals surface area contributed by atoms with E-state index in [0.717, 1.165) is 46.0 Å². The number of benzene rings is 2. The second kappa shape index (κ2) is 6.07. The fourth-order valence-electron chi connectivity index (χ4n) is 3.59. The van der Waals surface area contributed by atoms with Gasteiger partial charge in [0.1, 0.15) is 0 Å². The molecule has 0 saturated heterocycles. The molecule has 0 aliphatic heterocycles. The molecule has 5 rings (SSSR count). The van der Waals surface area contributed by atoms with Gasteiger partial charge in [0, 0.05) is 17.3 Å². The fourth-order valence-corrected chi connectivity index (χ4v) is 4.17.